The topological polar surface area (TPSA) is 0 Å². The Morgan fingerprint density at radius 1 is 0.929 bits per heavy atom. The average molecular weight is 186 g/mol. The number of rotatable bonds is 2. The summed E-state index contributed by atoms with van der Waals surface area (Å²) in [6, 6.07) is 10.0. The van der Waals surface area contributed by atoms with Gasteiger partial charge in [0, 0.05) is 0 Å². The number of benzene rings is 1. The van der Waals surface area contributed by atoms with Crippen molar-refractivity contribution in [3.05, 3.63) is 66.8 Å². The van der Waals surface area contributed by atoms with Crippen LogP contribution in [0.25, 0.3) is 6.08 Å². The Hall–Kier alpha value is -1.56. The Morgan fingerprint density at radius 2 is 1.43 bits per heavy atom. The van der Waals surface area contributed by atoms with Gasteiger partial charge in [-0.1, -0.05) is 67.3 Å². The second-order valence-electron chi connectivity index (χ2n) is 2.67. The lowest BCUT2D eigenvalue weighted by Crippen LogP contribution is -1.63. The summed E-state index contributed by atoms with van der Waals surface area (Å²) in [6.07, 6.45) is 9.83. The van der Waals surface area contributed by atoms with Crippen LogP contribution in [-0.4, -0.2) is 0 Å². The van der Waals surface area contributed by atoms with Crippen LogP contribution in [0, 0.1) is 0 Å². The third-order valence-corrected chi connectivity index (χ3v) is 1.53. The molecular weight excluding hydrogens is 168 g/mol. The molecular formula is C14H18. The van der Waals surface area contributed by atoms with Crippen molar-refractivity contribution in [2.45, 2.75) is 13.8 Å². The minimum atomic E-state index is 1.17. The quantitative estimate of drug-likeness (QED) is 0.598. The summed E-state index contributed by atoms with van der Waals surface area (Å²) in [5, 5.41) is 0. The minimum Gasteiger partial charge on any atom is -0.0985 e. The van der Waals surface area contributed by atoms with Crippen molar-refractivity contribution in [1.29, 1.82) is 0 Å². The lowest BCUT2D eigenvalue weighted by Gasteiger charge is -1.85. The number of allylic oxidation sites excluding steroid dienone is 4. The van der Waals surface area contributed by atoms with Crippen molar-refractivity contribution in [2.75, 3.05) is 0 Å². The van der Waals surface area contributed by atoms with Crippen LogP contribution in [-0.2, 0) is 0 Å². The largest absolute Gasteiger partial charge is 0.0985 e. The highest BCUT2D eigenvalue weighted by molar-refractivity contribution is 5.45. The molecule has 1 aromatic carbocycles. The zero-order valence-electron chi connectivity index (χ0n) is 8.98. The molecule has 74 valence electrons. The van der Waals surface area contributed by atoms with E-state index in [2.05, 4.69) is 6.58 Å². The summed E-state index contributed by atoms with van der Waals surface area (Å²) < 4.78 is 0. The Labute approximate surface area is 87.3 Å². The summed E-state index contributed by atoms with van der Waals surface area (Å²) in [4.78, 5) is 0. The van der Waals surface area contributed by atoms with E-state index in [1.807, 2.05) is 74.6 Å². The Kier molecular flexibility index (Phi) is 8.47. The van der Waals surface area contributed by atoms with Crippen LogP contribution < -0.4 is 0 Å². The zero-order chi connectivity index (χ0) is 10.6. The lowest BCUT2D eigenvalue weighted by atomic mass is 10.2. The second kappa shape index (κ2) is 9.53. The van der Waals surface area contributed by atoms with Gasteiger partial charge < -0.3 is 0 Å². The van der Waals surface area contributed by atoms with E-state index in [1.54, 1.807) is 0 Å². The molecule has 0 aliphatic carbocycles. The molecule has 0 heteroatoms. The van der Waals surface area contributed by atoms with E-state index in [1.165, 1.54) is 5.56 Å². The van der Waals surface area contributed by atoms with Gasteiger partial charge in [0.05, 0.1) is 0 Å². The maximum atomic E-state index is 3.63. The second-order valence-corrected chi connectivity index (χ2v) is 2.67. The van der Waals surface area contributed by atoms with Gasteiger partial charge in [0.1, 0.15) is 0 Å². The number of hydrogen-bond donors (Lipinski definition) is 0. The van der Waals surface area contributed by atoms with Gasteiger partial charge in [-0.2, -0.15) is 0 Å². The predicted molar refractivity (Wildman–Crippen MR) is 66.2 cm³/mol. The van der Waals surface area contributed by atoms with E-state index < -0.39 is 0 Å². The molecule has 14 heavy (non-hydrogen) atoms. The molecule has 1 rings (SSSR count). The van der Waals surface area contributed by atoms with E-state index in [-0.39, 0.29) is 0 Å². The first-order valence-corrected chi connectivity index (χ1v) is 4.76. The first-order chi connectivity index (χ1) is 6.85. The van der Waals surface area contributed by atoms with E-state index in [4.69, 9.17) is 0 Å². The van der Waals surface area contributed by atoms with Crippen molar-refractivity contribution >= 4 is 6.08 Å². The van der Waals surface area contributed by atoms with E-state index in [0.29, 0.717) is 0 Å². The standard InChI is InChI=1S/C8H8.C6H10/c1-2-8-6-4-3-5-7-8;1-3-5-6-4-2/h2-7H,1H2;3-6H,1-2H3/b;5-3-,6-4-. The van der Waals surface area contributed by atoms with E-state index in [9.17, 15) is 0 Å². The SMILES string of the molecule is C/C=C\C=C/C.C=Cc1ccccc1. The molecule has 0 spiro atoms. The van der Waals surface area contributed by atoms with Gasteiger partial charge in [-0.3, -0.25) is 0 Å². The third kappa shape index (κ3) is 7.11. The summed E-state index contributed by atoms with van der Waals surface area (Å²) in [5.74, 6) is 0. The van der Waals surface area contributed by atoms with Crippen molar-refractivity contribution in [3.63, 3.8) is 0 Å². The van der Waals surface area contributed by atoms with E-state index in [0.717, 1.165) is 0 Å². The molecule has 0 aliphatic heterocycles. The van der Waals surface area contributed by atoms with Gasteiger partial charge in [-0.25, -0.2) is 0 Å². The normalized spacial score (nSPS) is 9.86. The molecule has 0 aliphatic rings. The lowest BCUT2D eigenvalue weighted by molar-refractivity contribution is 1.67. The fourth-order valence-electron chi connectivity index (χ4n) is 0.811. The van der Waals surface area contributed by atoms with Gasteiger partial charge in [-0.05, 0) is 19.4 Å². The van der Waals surface area contributed by atoms with Crippen molar-refractivity contribution in [2.24, 2.45) is 0 Å². The smallest absolute Gasteiger partial charge is 0.0263 e. The Bertz CT molecular complexity index is 268. The molecule has 0 unspecified atom stereocenters. The summed E-state index contributed by atoms with van der Waals surface area (Å²) in [5.41, 5.74) is 1.17. The predicted octanol–water partition coefficient (Wildman–Crippen LogP) is 4.47. The van der Waals surface area contributed by atoms with Crippen molar-refractivity contribution < 1.29 is 0 Å². The van der Waals surface area contributed by atoms with Gasteiger partial charge in [0.25, 0.3) is 0 Å². The van der Waals surface area contributed by atoms with Crippen LogP contribution in [0.5, 0.6) is 0 Å². The van der Waals surface area contributed by atoms with Crippen LogP contribution in [0.2, 0.25) is 0 Å². The monoisotopic (exact) mass is 186 g/mol. The molecule has 0 aromatic heterocycles. The molecule has 0 saturated heterocycles. The maximum absolute atomic E-state index is 3.63. The summed E-state index contributed by atoms with van der Waals surface area (Å²) in [7, 11) is 0. The molecule has 0 radical (unpaired) electrons. The highest BCUT2D eigenvalue weighted by Crippen LogP contribution is 1.97. The highest BCUT2D eigenvalue weighted by Gasteiger charge is 1.75. The fourth-order valence-corrected chi connectivity index (χ4v) is 0.811. The van der Waals surface area contributed by atoms with E-state index >= 15 is 0 Å². The Morgan fingerprint density at radius 3 is 1.71 bits per heavy atom. The first-order valence-electron chi connectivity index (χ1n) is 4.76. The zero-order valence-corrected chi connectivity index (χ0v) is 8.98. The van der Waals surface area contributed by atoms with Crippen LogP contribution >= 0.6 is 0 Å². The molecule has 0 nitrogen and oxygen atoms in total. The van der Waals surface area contributed by atoms with Gasteiger partial charge in [0.2, 0.25) is 0 Å². The summed E-state index contributed by atoms with van der Waals surface area (Å²) >= 11 is 0. The van der Waals surface area contributed by atoms with Gasteiger partial charge in [0.15, 0.2) is 0 Å². The number of hydrogen-bond acceptors (Lipinski definition) is 0. The van der Waals surface area contributed by atoms with Crippen LogP contribution in [0.4, 0.5) is 0 Å². The third-order valence-electron chi connectivity index (χ3n) is 1.53. The molecule has 1 aromatic rings. The van der Waals surface area contributed by atoms with Gasteiger partial charge >= 0.3 is 0 Å². The molecule has 0 heterocycles. The maximum Gasteiger partial charge on any atom is -0.0263 e. The molecule has 0 amide bonds. The first kappa shape index (κ1) is 12.4. The highest BCUT2D eigenvalue weighted by atomic mass is 13.8. The summed E-state index contributed by atoms with van der Waals surface area (Å²) in [6.45, 7) is 7.63. The molecule has 0 fully saturated rings. The molecule has 0 N–H and O–H groups in total. The Balaban J connectivity index is 0.000000255. The molecule has 0 bridgehead atoms. The van der Waals surface area contributed by atoms with Crippen molar-refractivity contribution in [3.8, 4) is 0 Å². The fraction of sp³-hybridized carbons (Fsp3) is 0.143. The van der Waals surface area contributed by atoms with Crippen LogP contribution in [0.1, 0.15) is 19.4 Å². The van der Waals surface area contributed by atoms with Crippen LogP contribution in [0.3, 0.4) is 0 Å². The van der Waals surface area contributed by atoms with Crippen molar-refractivity contribution in [1.82, 2.24) is 0 Å². The minimum absolute atomic E-state index is 1.17. The van der Waals surface area contributed by atoms with Crippen LogP contribution in [0.15, 0.2) is 61.2 Å². The average Bonchev–Trinajstić information content (AvgIpc) is 2.28. The molecule has 0 atom stereocenters. The van der Waals surface area contributed by atoms with Gasteiger partial charge in [-0.15, -0.1) is 0 Å². The molecule has 0 saturated carbocycles.